The van der Waals surface area contributed by atoms with Gasteiger partial charge in [-0.3, -0.25) is 14.7 Å². The molecule has 0 aliphatic rings. The quantitative estimate of drug-likeness (QED) is 0.681. The fraction of sp³-hybridized carbons (Fsp3) is 0.375. The van der Waals surface area contributed by atoms with Gasteiger partial charge in [-0.2, -0.15) is 4.98 Å². The van der Waals surface area contributed by atoms with E-state index in [2.05, 4.69) is 20.6 Å². The lowest BCUT2D eigenvalue weighted by Crippen LogP contribution is -2.30. The molecule has 0 aliphatic carbocycles. The number of nitrogens with zero attached hydrogens (tertiary/aromatic N) is 3. The van der Waals surface area contributed by atoms with E-state index in [9.17, 15) is 9.59 Å². The van der Waals surface area contributed by atoms with Crippen LogP contribution in [0, 0.1) is 0 Å². The lowest BCUT2D eigenvalue weighted by Gasteiger charge is -2.05. The van der Waals surface area contributed by atoms with Crippen LogP contribution in [-0.2, 0) is 19.4 Å². The van der Waals surface area contributed by atoms with E-state index in [4.69, 9.17) is 4.52 Å². The highest BCUT2D eigenvalue weighted by atomic mass is 16.5. The Kier molecular flexibility index (Phi) is 4.57. The third-order valence-corrected chi connectivity index (χ3v) is 3.92. The Hall–Kier alpha value is -2.74. The standard InChI is InChI=1S/C16H19N5O3/c1-10(17-2)9-13-18-14(24-20-13)7-8-21-16(23)12-6-4-3-5-11(12)15(22)19-21/h3-6,10,17H,7-9H2,1-2H3,(H,19,22). The van der Waals surface area contributed by atoms with Crippen LogP contribution in [0.1, 0.15) is 18.6 Å². The number of fused-ring (bicyclic) bond motifs is 1. The molecule has 8 heteroatoms. The molecule has 24 heavy (non-hydrogen) atoms. The monoisotopic (exact) mass is 329 g/mol. The van der Waals surface area contributed by atoms with Gasteiger partial charge in [0.2, 0.25) is 5.89 Å². The largest absolute Gasteiger partial charge is 0.339 e. The number of hydrogen-bond donors (Lipinski definition) is 2. The highest BCUT2D eigenvalue weighted by Gasteiger charge is 2.11. The molecule has 1 atom stereocenters. The molecular weight excluding hydrogens is 310 g/mol. The number of benzene rings is 1. The number of aromatic nitrogens is 4. The first-order valence-electron chi connectivity index (χ1n) is 7.79. The molecule has 1 aromatic carbocycles. The second-order valence-electron chi connectivity index (χ2n) is 5.69. The van der Waals surface area contributed by atoms with Crippen molar-refractivity contribution in [3.63, 3.8) is 0 Å². The molecule has 0 bridgehead atoms. The topological polar surface area (TPSA) is 106 Å². The first-order valence-corrected chi connectivity index (χ1v) is 7.79. The Balaban J connectivity index is 1.78. The fourth-order valence-electron chi connectivity index (χ4n) is 2.46. The smallest absolute Gasteiger partial charge is 0.273 e. The number of H-pyrrole nitrogens is 1. The van der Waals surface area contributed by atoms with Crippen molar-refractivity contribution in [1.29, 1.82) is 0 Å². The summed E-state index contributed by atoms with van der Waals surface area (Å²) in [6.07, 6.45) is 1.03. The molecule has 0 fully saturated rings. The molecule has 0 saturated heterocycles. The molecule has 0 saturated carbocycles. The van der Waals surface area contributed by atoms with E-state index in [0.717, 1.165) is 0 Å². The summed E-state index contributed by atoms with van der Waals surface area (Å²) < 4.78 is 6.48. The van der Waals surface area contributed by atoms with Crippen LogP contribution >= 0.6 is 0 Å². The average Bonchev–Trinajstić information content (AvgIpc) is 3.04. The number of aryl methyl sites for hydroxylation is 2. The van der Waals surface area contributed by atoms with Crippen LogP contribution in [0.15, 0.2) is 38.4 Å². The van der Waals surface area contributed by atoms with Gasteiger partial charge in [-0.15, -0.1) is 0 Å². The van der Waals surface area contributed by atoms with Crippen LogP contribution in [0.4, 0.5) is 0 Å². The van der Waals surface area contributed by atoms with E-state index in [1.165, 1.54) is 4.68 Å². The predicted octanol–water partition coefficient (Wildman–Crippen LogP) is 0.466. The van der Waals surface area contributed by atoms with Gasteiger partial charge >= 0.3 is 0 Å². The van der Waals surface area contributed by atoms with Crippen molar-refractivity contribution in [3.05, 3.63) is 56.7 Å². The second kappa shape index (κ2) is 6.79. The first-order chi connectivity index (χ1) is 11.6. The zero-order valence-corrected chi connectivity index (χ0v) is 13.6. The van der Waals surface area contributed by atoms with Crippen LogP contribution < -0.4 is 16.4 Å². The Morgan fingerprint density at radius 2 is 2.04 bits per heavy atom. The van der Waals surface area contributed by atoms with Crippen molar-refractivity contribution in [2.75, 3.05) is 7.05 Å². The van der Waals surface area contributed by atoms with Gasteiger partial charge in [0.25, 0.3) is 11.1 Å². The highest BCUT2D eigenvalue weighted by molar-refractivity contribution is 5.80. The zero-order valence-electron chi connectivity index (χ0n) is 13.6. The number of hydrogen-bond acceptors (Lipinski definition) is 6. The Morgan fingerprint density at radius 3 is 2.79 bits per heavy atom. The molecule has 0 aliphatic heterocycles. The average molecular weight is 329 g/mol. The molecule has 2 heterocycles. The summed E-state index contributed by atoms with van der Waals surface area (Å²) in [6.45, 7) is 2.29. The lowest BCUT2D eigenvalue weighted by atomic mass is 10.2. The van der Waals surface area contributed by atoms with Gasteiger partial charge in [0, 0.05) is 18.9 Å². The first kappa shape index (κ1) is 16.1. The summed E-state index contributed by atoms with van der Waals surface area (Å²) in [4.78, 5) is 28.8. The minimum atomic E-state index is -0.292. The van der Waals surface area contributed by atoms with Crippen LogP contribution in [0.3, 0.4) is 0 Å². The van der Waals surface area contributed by atoms with Crippen LogP contribution in [0.5, 0.6) is 0 Å². The van der Waals surface area contributed by atoms with Gasteiger partial charge in [-0.1, -0.05) is 17.3 Å². The second-order valence-corrected chi connectivity index (χ2v) is 5.69. The fourth-order valence-corrected chi connectivity index (χ4v) is 2.46. The molecule has 2 aromatic heterocycles. The normalized spacial score (nSPS) is 12.6. The zero-order chi connectivity index (χ0) is 17.1. The van der Waals surface area contributed by atoms with Gasteiger partial charge in [0.15, 0.2) is 5.82 Å². The van der Waals surface area contributed by atoms with Crippen molar-refractivity contribution in [1.82, 2.24) is 25.2 Å². The molecule has 1 unspecified atom stereocenters. The molecule has 2 N–H and O–H groups in total. The van der Waals surface area contributed by atoms with Gasteiger partial charge in [0.05, 0.1) is 17.3 Å². The highest BCUT2D eigenvalue weighted by Crippen LogP contribution is 2.04. The van der Waals surface area contributed by atoms with Gasteiger partial charge in [-0.05, 0) is 26.1 Å². The van der Waals surface area contributed by atoms with E-state index in [1.54, 1.807) is 24.3 Å². The van der Waals surface area contributed by atoms with E-state index >= 15 is 0 Å². The van der Waals surface area contributed by atoms with E-state index in [0.29, 0.717) is 35.3 Å². The van der Waals surface area contributed by atoms with Crippen LogP contribution in [-0.4, -0.2) is 33.0 Å². The maximum Gasteiger partial charge on any atom is 0.273 e. The summed E-state index contributed by atoms with van der Waals surface area (Å²) in [5, 5.41) is 10.4. The molecule has 0 spiro atoms. The maximum absolute atomic E-state index is 12.4. The van der Waals surface area contributed by atoms with Gasteiger partial charge in [0.1, 0.15) is 0 Å². The SMILES string of the molecule is CNC(C)Cc1noc(CCn2[nH]c(=O)c3ccccc3c2=O)n1. The Morgan fingerprint density at radius 1 is 1.29 bits per heavy atom. The summed E-state index contributed by atoms with van der Waals surface area (Å²) in [5.74, 6) is 1.06. The molecule has 126 valence electrons. The molecule has 0 amide bonds. The summed E-state index contributed by atoms with van der Waals surface area (Å²) in [5.41, 5.74) is -0.534. The lowest BCUT2D eigenvalue weighted by molar-refractivity contribution is 0.361. The van der Waals surface area contributed by atoms with Crippen LogP contribution in [0.25, 0.3) is 10.8 Å². The van der Waals surface area contributed by atoms with Crippen molar-refractivity contribution >= 4 is 10.8 Å². The predicted molar refractivity (Wildman–Crippen MR) is 89.1 cm³/mol. The molecule has 3 rings (SSSR count). The third kappa shape index (κ3) is 3.28. The number of aromatic amines is 1. The molecule has 0 radical (unpaired) electrons. The number of likely N-dealkylation sites (N-methyl/N-ethyl adjacent to an activating group) is 1. The minimum absolute atomic E-state index is 0.242. The van der Waals surface area contributed by atoms with E-state index < -0.39 is 0 Å². The summed E-state index contributed by atoms with van der Waals surface area (Å²) in [7, 11) is 1.87. The van der Waals surface area contributed by atoms with Crippen molar-refractivity contribution in [3.8, 4) is 0 Å². The Bertz CT molecular complexity index is 956. The maximum atomic E-state index is 12.4. The van der Waals surface area contributed by atoms with E-state index in [-0.39, 0.29) is 23.7 Å². The minimum Gasteiger partial charge on any atom is -0.339 e. The number of rotatable bonds is 6. The van der Waals surface area contributed by atoms with Crippen LogP contribution in [0.2, 0.25) is 0 Å². The number of nitrogens with one attached hydrogen (secondary N) is 2. The van der Waals surface area contributed by atoms with E-state index in [1.807, 2.05) is 14.0 Å². The molecule has 8 nitrogen and oxygen atoms in total. The van der Waals surface area contributed by atoms with Crippen molar-refractivity contribution < 1.29 is 4.52 Å². The molecule has 3 aromatic rings. The van der Waals surface area contributed by atoms with Crippen molar-refractivity contribution in [2.45, 2.75) is 32.4 Å². The Labute approximate surface area is 137 Å². The summed E-state index contributed by atoms with van der Waals surface area (Å²) in [6, 6.07) is 6.99. The van der Waals surface area contributed by atoms with Gasteiger partial charge < -0.3 is 9.84 Å². The molecular formula is C16H19N5O3. The third-order valence-electron chi connectivity index (χ3n) is 3.92. The summed E-state index contributed by atoms with van der Waals surface area (Å²) >= 11 is 0. The van der Waals surface area contributed by atoms with Crippen molar-refractivity contribution in [2.24, 2.45) is 0 Å². The van der Waals surface area contributed by atoms with Gasteiger partial charge in [-0.25, -0.2) is 4.68 Å².